The Morgan fingerprint density at radius 1 is 1.05 bits per heavy atom. The number of carbonyl (C=O) groups excluding carboxylic acids is 3. The standard InChI is InChI=1S/C34H41N3O5/c1-4-41-26-13-9-8-10-23(26)20-37-30(32(39)36-24-11-6-5-7-12-24)34-19-18-27(42-34)28(29(34)33(37)40)31(38)35-25-16-14-22(15-17-25)21(2)3/h8-10,13-19,21,24,27-30H,4-7,11-12,20H2,1-3H3,(H,35,38)(H,36,39)/t27-,28-,29-,30+,34+/m1/s1. The number of likely N-dealkylation sites (tertiary alicyclic amines) is 1. The van der Waals surface area contributed by atoms with Gasteiger partial charge in [0.15, 0.2) is 0 Å². The third kappa shape index (κ3) is 5.00. The van der Waals surface area contributed by atoms with E-state index in [1.165, 1.54) is 12.0 Å². The number of nitrogens with one attached hydrogen (secondary N) is 2. The van der Waals surface area contributed by atoms with E-state index in [0.29, 0.717) is 24.0 Å². The minimum atomic E-state index is -1.20. The first-order valence-corrected chi connectivity index (χ1v) is 15.4. The molecule has 42 heavy (non-hydrogen) atoms. The van der Waals surface area contributed by atoms with E-state index in [1.54, 1.807) is 4.90 Å². The van der Waals surface area contributed by atoms with E-state index in [1.807, 2.05) is 67.6 Å². The second-order valence-corrected chi connectivity index (χ2v) is 12.3. The van der Waals surface area contributed by atoms with Crippen LogP contribution in [0.2, 0.25) is 0 Å². The van der Waals surface area contributed by atoms with Crippen molar-refractivity contribution in [2.75, 3.05) is 11.9 Å². The van der Waals surface area contributed by atoms with E-state index in [9.17, 15) is 14.4 Å². The Bertz CT molecular complexity index is 1370. The van der Waals surface area contributed by atoms with Crippen molar-refractivity contribution < 1.29 is 23.9 Å². The largest absolute Gasteiger partial charge is 0.494 e. The molecule has 2 aromatic carbocycles. The molecule has 8 nitrogen and oxygen atoms in total. The van der Waals surface area contributed by atoms with Crippen molar-refractivity contribution in [2.45, 2.75) is 89.1 Å². The van der Waals surface area contributed by atoms with Crippen molar-refractivity contribution in [3.63, 3.8) is 0 Å². The highest BCUT2D eigenvalue weighted by Crippen LogP contribution is 2.55. The van der Waals surface area contributed by atoms with Crippen LogP contribution < -0.4 is 15.4 Å². The van der Waals surface area contributed by atoms with E-state index < -0.39 is 29.6 Å². The maximum absolute atomic E-state index is 14.4. The summed E-state index contributed by atoms with van der Waals surface area (Å²) in [6, 6.07) is 14.5. The molecule has 3 aliphatic heterocycles. The van der Waals surface area contributed by atoms with Crippen molar-refractivity contribution in [3.8, 4) is 5.75 Å². The van der Waals surface area contributed by atoms with Crippen LogP contribution in [0.3, 0.4) is 0 Å². The summed E-state index contributed by atoms with van der Waals surface area (Å²) >= 11 is 0. The number of benzene rings is 2. The fraction of sp³-hybridized carbons (Fsp3) is 0.500. The van der Waals surface area contributed by atoms with Gasteiger partial charge in [-0.1, -0.05) is 75.6 Å². The molecular formula is C34H41N3O5. The first-order valence-electron chi connectivity index (χ1n) is 15.4. The van der Waals surface area contributed by atoms with Crippen LogP contribution in [0.25, 0.3) is 0 Å². The van der Waals surface area contributed by atoms with Crippen molar-refractivity contribution in [3.05, 3.63) is 71.8 Å². The molecule has 3 heterocycles. The number of fused-ring (bicyclic) bond motifs is 1. The predicted octanol–water partition coefficient (Wildman–Crippen LogP) is 4.95. The quantitative estimate of drug-likeness (QED) is 0.416. The van der Waals surface area contributed by atoms with Crippen LogP contribution in [-0.4, -0.2) is 53.0 Å². The Hall–Kier alpha value is -3.65. The van der Waals surface area contributed by atoms with Gasteiger partial charge in [-0.2, -0.15) is 0 Å². The van der Waals surface area contributed by atoms with Gasteiger partial charge in [-0.3, -0.25) is 14.4 Å². The zero-order valence-corrected chi connectivity index (χ0v) is 24.7. The Balaban J connectivity index is 1.31. The van der Waals surface area contributed by atoms with Crippen molar-refractivity contribution in [2.24, 2.45) is 11.8 Å². The van der Waals surface area contributed by atoms with Gasteiger partial charge in [0.2, 0.25) is 17.7 Å². The normalized spacial score (nSPS) is 28.3. The van der Waals surface area contributed by atoms with E-state index >= 15 is 0 Å². The lowest BCUT2D eigenvalue weighted by atomic mass is 9.74. The Kier molecular flexibility index (Phi) is 7.83. The highest BCUT2D eigenvalue weighted by atomic mass is 16.5. The van der Waals surface area contributed by atoms with Gasteiger partial charge in [0.25, 0.3) is 0 Å². The third-order valence-corrected chi connectivity index (χ3v) is 9.33. The molecule has 6 rings (SSSR count). The summed E-state index contributed by atoms with van der Waals surface area (Å²) in [6.07, 6.45) is 8.32. The lowest BCUT2D eigenvalue weighted by Gasteiger charge is -2.34. The SMILES string of the molecule is CCOc1ccccc1CN1C(=O)[C@H]2[C@H](C(=O)Nc3ccc(C(C)C)cc3)[C@H]3C=C[C@@]2(O3)[C@@H]1C(=O)NC1CCCCC1. The van der Waals surface area contributed by atoms with Gasteiger partial charge in [0.1, 0.15) is 17.4 Å². The Labute approximate surface area is 247 Å². The number of amides is 3. The second-order valence-electron chi connectivity index (χ2n) is 12.3. The molecule has 2 aromatic rings. The van der Waals surface area contributed by atoms with Gasteiger partial charge in [0, 0.05) is 17.3 Å². The second kappa shape index (κ2) is 11.6. The molecule has 3 amide bonds. The first-order chi connectivity index (χ1) is 20.3. The average molecular weight is 572 g/mol. The van der Waals surface area contributed by atoms with Crippen LogP contribution in [0, 0.1) is 11.8 Å². The van der Waals surface area contributed by atoms with E-state index in [0.717, 1.165) is 31.2 Å². The summed E-state index contributed by atoms with van der Waals surface area (Å²) in [6.45, 7) is 6.83. The lowest BCUT2D eigenvalue weighted by Crippen LogP contribution is -2.56. The average Bonchev–Trinajstić information content (AvgIpc) is 3.62. The predicted molar refractivity (Wildman–Crippen MR) is 160 cm³/mol. The van der Waals surface area contributed by atoms with Crippen LogP contribution in [0.4, 0.5) is 5.69 Å². The Morgan fingerprint density at radius 3 is 2.50 bits per heavy atom. The smallest absolute Gasteiger partial charge is 0.246 e. The van der Waals surface area contributed by atoms with E-state index in [4.69, 9.17) is 9.47 Å². The summed E-state index contributed by atoms with van der Waals surface area (Å²) in [5.74, 6) is -1.23. The molecule has 2 saturated heterocycles. The summed E-state index contributed by atoms with van der Waals surface area (Å²) in [4.78, 5) is 43.9. The molecule has 0 unspecified atom stereocenters. The fourth-order valence-electron chi connectivity index (χ4n) is 7.26. The Morgan fingerprint density at radius 2 is 1.79 bits per heavy atom. The topological polar surface area (TPSA) is 97.0 Å². The molecule has 222 valence electrons. The number of nitrogens with zero attached hydrogens (tertiary/aromatic N) is 1. The number of para-hydroxylation sites is 1. The van der Waals surface area contributed by atoms with Gasteiger partial charge < -0.3 is 25.0 Å². The van der Waals surface area contributed by atoms with Crippen molar-refractivity contribution in [1.29, 1.82) is 0 Å². The molecular weight excluding hydrogens is 530 g/mol. The van der Waals surface area contributed by atoms with Crippen LogP contribution in [0.5, 0.6) is 5.75 Å². The number of anilines is 1. The number of ether oxygens (including phenoxy) is 2. The molecule has 1 spiro atoms. The zero-order valence-electron chi connectivity index (χ0n) is 24.7. The molecule has 1 saturated carbocycles. The number of hydrogen-bond acceptors (Lipinski definition) is 5. The van der Waals surface area contributed by atoms with Crippen LogP contribution in [-0.2, 0) is 25.7 Å². The van der Waals surface area contributed by atoms with Crippen LogP contribution >= 0.6 is 0 Å². The third-order valence-electron chi connectivity index (χ3n) is 9.33. The maximum Gasteiger partial charge on any atom is 0.246 e. The van der Waals surface area contributed by atoms with Gasteiger partial charge in [-0.05, 0) is 49.4 Å². The minimum absolute atomic E-state index is 0.0739. The zero-order chi connectivity index (χ0) is 29.4. The highest BCUT2D eigenvalue weighted by Gasteiger charge is 2.72. The molecule has 4 aliphatic rings. The highest BCUT2D eigenvalue weighted by molar-refractivity contribution is 6.02. The number of hydrogen-bond donors (Lipinski definition) is 2. The molecule has 8 heteroatoms. The molecule has 0 aromatic heterocycles. The molecule has 2 bridgehead atoms. The molecule has 0 radical (unpaired) electrons. The summed E-state index contributed by atoms with van der Waals surface area (Å²) in [5.41, 5.74) is 1.46. The molecule has 1 aliphatic carbocycles. The van der Waals surface area contributed by atoms with Gasteiger partial charge in [0.05, 0.1) is 31.1 Å². The molecule has 3 fully saturated rings. The van der Waals surface area contributed by atoms with Crippen LogP contribution in [0.15, 0.2) is 60.7 Å². The maximum atomic E-state index is 14.4. The monoisotopic (exact) mass is 571 g/mol. The number of carbonyl (C=O) groups is 3. The molecule has 2 N–H and O–H groups in total. The van der Waals surface area contributed by atoms with Gasteiger partial charge in [-0.15, -0.1) is 0 Å². The summed E-state index contributed by atoms with van der Waals surface area (Å²) in [5, 5.41) is 6.27. The van der Waals surface area contributed by atoms with Crippen molar-refractivity contribution in [1.82, 2.24) is 10.2 Å². The van der Waals surface area contributed by atoms with Crippen LogP contribution in [0.1, 0.15) is 69.9 Å². The summed E-state index contributed by atoms with van der Waals surface area (Å²) in [7, 11) is 0. The molecule has 5 atom stereocenters. The first kappa shape index (κ1) is 28.5. The van der Waals surface area contributed by atoms with Crippen molar-refractivity contribution >= 4 is 23.4 Å². The lowest BCUT2D eigenvalue weighted by molar-refractivity contribution is -0.142. The summed E-state index contributed by atoms with van der Waals surface area (Å²) < 4.78 is 12.4. The van der Waals surface area contributed by atoms with Gasteiger partial charge in [-0.25, -0.2) is 0 Å². The van der Waals surface area contributed by atoms with E-state index in [-0.39, 0.29) is 30.3 Å². The fourth-order valence-corrected chi connectivity index (χ4v) is 7.26. The van der Waals surface area contributed by atoms with E-state index in [2.05, 4.69) is 24.5 Å². The minimum Gasteiger partial charge on any atom is -0.494 e. The van der Waals surface area contributed by atoms with Gasteiger partial charge >= 0.3 is 0 Å². The number of rotatable bonds is 9.